The van der Waals surface area contributed by atoms with Gasteiger partial charge in [-0.1, -0.05) is 54.2 Å². The molecule has 0 saturated heterocycles. The summed E-state index contributed by atoms with van der Waals surface area (Å²) in [5.41, 5.74) is 2.01. The van der Waals surface area contributed by atoms with Crippen LogP contribution in [0.1, 0.15) is 29.0 Å². The van der Waals surface area contributed by atoms with Gasteiger partial charge in [-0.2, -0.15) is 4.68 Å². The molecule has 6 heteroatoms. The van der Waals surface area contributed by atoms with Crippen molar-refractivity contribution in [2.45, 2.75) is 23.8 Å². The van der Waals surface area contributed by atoms with Gasteiger partial charge in [0.2, 0.25) is 0 Å². The number of hydrogen-bond donors (Lipinski definition) is 0. The van der Waals surface area contributed by atoms with E-state index in [-0.39, 0.29) is 11.2 Å². The minimum absolute atomic E-state index is 0.0256. The third-order valence-corrected chi connectivity index (χ3v) is 5.21. The molecule has 1 aliphatic rings. The van der Waals surface area contributed by atoms with E-state index in [0.29, 0.717) is 24.0 Å². The van der Waals surface area contributed by atoms with Crippen molar-refractivity contribution < 1.29 is 9.53 Å². The maximum atomic E-state index is 12.5. The molecule has 0 amide bonds. The lowest BCUT2D eigenvalue weighted by Crippen LogP contribution is -2.20. The predicted molar refractivity (Wildman–Crippen MR) is 96.9 cm³/mol. The smallest absolute Gasteiger partial charge is 0.250 e. The quantitative estimate of drug-likeness (QED) is 0.704. The Morgan fingerprint density at radius 3 is 2.64 bits per heavy atom. The number of rotatable bonds is 4. The number of hydrogen-bond acceptors (Lipinski definition) is 5. The first-order valence-corrected chi connectivity index (χ1v) is 9.07. The van der Waals surface area contributed by atoms with Crippen LogP contribution in [0.15, 0.2) is 59.8 Å². The summed E-state index contributed by atoms with van der Waals surface area (Å²) in [6.07, 6.45) is 0.406. The molecule has 0 N–H and O–H groups in total. The maximum Gasteiger partial charge on any atom is 0.250 e. The number of ether oxygens (including phenoxy) is 1. The third-order valence-electron chi connectivity index (χ3n) is 4.02. The first-order valence-electron chi connectivity index (χ1n) is 8.19. The highest BCUT2D eigenvalue weighted by atomic mass is 32.2. The summed E-state index contributed by atoms with van der Waals surface area (Å²) in [5, 5.41) is 5.08. The van der Waals surface area contributed by atoms with Crippen LogP contribution in [0.25, 0.3) is 11.4 Å². The average Bonchev–Trinajstić information content (AvgIpc) is 3.08. The SMILES string of the molecule is CCOc1ccc([C@H]2CC(=O)n3nc(-c4ccccc4)nc3S2)cc1. The van der Waals surface area contributed by atoms with Crippen LogP contribution in [0.5, 0.6) is 5.75 Å². The van der Waals surface area contributed by atoms with Crippen LogP contribution in [-0.4, -0.2) is 27.3 Å². The monoisotopic (exact) mass is 351 g/mol. The molecular formula is C19H17N3O2S. The standard InChI is InChI=1S/C19H17N3O2S/c1-2-24-15-10-8-13(9-11-15)16-12-17(23)22-19(25-16)20-18(21-22)14-6-4-3-5-7-14/h3-11,16H,2,12H2,1H3/t16-/m1/s1. The molecule has 0 saturated carbocycles. The number of benzene rings is 2. The van der Waals surface area contributed by atoms with Crippen molar-refractivity contribution >= 4 is 17.7 Å². The van der Waals surface area contributed by atoms with Crippen LogP contribution >= 0.6 is 11.8 Å². The van der Waals surface area contributed by atoms with Gasteiger partial charge in [-0.3, -0.25) is 4.79 Å². The molecule has 4 rings (SSSR count). The lowest BCUT2D eigenvalue weighted by molar-refractivity contribution is 0.0868. The fourth-order valence-electron chi connectivity index (χ4n) is 2.79. The Morgan fingerprint density at radius 2 is 1.92 bits per heavy atom. The summed E-state index contributed by atoms with van der Waals surface area (Å²) in [5.74, 6) is 1.40. The van der Waals surface area contributed by atoms with Gasteiger partial charge in [0.05, 0.1) is 6.61 Å². The first kappa shape index (κ1) is 15.9. The molecule has 126 valence electrons. The van der Waals surface area contributed by atoms with E-state index in [9.17, 15) is 4.79 Å². The minimum Gasteiger partial charge on any atom is -0.494 e. The molecule has 2 heterocycles. The van der Waals surface area contributed by atoms with Gasteiger partial charge in [-0.05, 0) is 24.6 Å². The Hall–Kier alpha value is -2.60. The molecule has 0 bridgehead atoms. The topological polar surface area (TPSA) is 57.0 Å². The second-order valence-electron chi connectivity index (χ2n) is 5.70. The van der Waals surface area contributed by atoms with Crippen molar-refractivity contribution in [3.8, 4) is 17.1 Å². The van der Waals surface area contributed by atoms with Crippen molar-refractivity contribution in [2.75, 3.05) is 6.61 Å². The van der Waals surface area contributed by atoms with Gasteiger partial charge < -0.3 is 4.74 Å². The Morgan fingerprint density at radius 1 is 1.16 bits per heavy atom. The van der Waals surface area contributed by atoms with Crippen molar-refractivity contribution in [1.82, 2.24) is 14.8 Å². The largest absolute Gasteiger partial charge is 0.494 e. The zero-order valence-corrected chi connectivity index (χ0v) is 14.6. The lowest BCUT2D eigenvalue weighted by atomic mass is 10.1. The van der Waals surface area contributed by atoms with E-state index < -0.39 is 0 Å². The summed E-state index contributed by atoms with van der Waals surface area (Å²) >= 11 is 1.58. The number of carbonyl (C=O) groups excluding carboxylic acids is 1. The molecule has 1 atom stereocenters. The number of carbonyl (C=O) groups is 1. The van der Waals surface area contributed by atoms with E-state index in [1.165, 1.54) is 4.68 Å². The van der Waals surface area contributed by atoms with Crippen LogP contribution < -0.4 is 4.74 Å². The van der Waals surface area contributed by atoms with Gasteiger partial charge in [0.25, 0.3) is 5.91 Å². The molecule has 0 unspecified atom stereocenters. The fraction of sp³-hybridized carbons (Fsp3) is 0.211. The second-order valence-corrected chi connectivity index (χ2v) is 6.87. The molecule has 3 aromatic rings. The highest BCUT2D eigenvalue weighted by Crippen LogP contribution is 2.41. The normalized spacial score (nSPS) is 16.5. The molecule has 0 fully saturated rings. The van der Waals surface area contributed by atoms with Crippen LogP contribution in [0.3, 0.4) is 0 Å². The predicted octanol–water partition coefficient (Wildman–Crippen LogP) is 4.22. The van der Waals surface area contributed by atoms with Crippen molar-refractivity contribution in [2.24, 2.45) is 0 Å². The van der Waals surface area contributed by atoms with E-state index in [4.69, 9.17) is 4.74 Å². The molecule has 1 aliphatic heterocycles. The van der Waals surface area contributed by atoms with Crippen LogP contribution in [0, 0.1) is 0 Å². The zero-order chi connectivity index (χ0) is 17.2. The number of thioether (sulfide) groups is 1. The summed E-state index contributed by atoms with van der Waals surface area (Å²) in [6.45, 7) is 2.60. The Labute approximate surface area is 150 Å². The van der Waals surface area contributed by atoms with Crippen molar-refractivity contribution in [1.29, 1.82) is 0 Å². The van der Waals surface area contributed by atoms with Gasteiger partial charge in [0.15, 0.2) is 11.0 Å². The van der Waals surface area contributed by atoms with E-state index in [1.807, 2.05) is 61.5 Å². The maximum absolute atomic E-state index is 12.5. The summed E-state index contributed by atoms with van der Waals surface area (Å²) < 4.78 is 6.91. The number of fused-ring (bicyclic) bond motifs is 1. The lowest BCUT2D eigenvalue weighted by Gasteiger charge is -2.20. The van der Waals surface area contributed by atoms with E-state index in [0.717, 1.165) is 16.9 Å². The Bertz CT molecular complexity index is 891. The van der Waals surface area contributed by atoms with Gasteiger partial charge in [0.1, 0.15) is 5.75 Å². The van der Waals surface area contributed by atoms with E-state index in [1.54, 1.807) is 11.8 Å². The Balaban J connectivity index is 1.60. The van der Waals surface area contributed by atoms with E-state index >= 15 is 0 Å². The highest BCUT2D eigenvalue weighted by molar-refractivity contribution is 7.99. The number of aromatic nitrogens is 3. The molecular weight excluding hydrogens is 334 g/mol. The van der Waals surface area contributed by atoms with Gasteiger partial charge in [-0.25, -0.2) is 4.98 Å². The third kappa shape index (κ3) is 3.17. The molecule has 5 nitrogen and oxygen atoms in total. The summed E-state index contributed by atoms with van der Waals surface area (Å²) in [6, 6.07) is 17.6. The minimum atomic E-state index is -0.0256. The molecule has 2 aromatic carbocycles. The highest BCUT2D eigenvalue weighted by Gasteiger charge is 2.30. The van der Waals surface area contributed by atoms with E-state index in [2.05, 4.69) is 10.1 Å². The van der Waals surface area contributed by atoms with Crippen LogP contribution in [0.4, 0.5) is 0 Å². The van der Waals surface area contributed by atoms with Crippen molar-refractivity contribution in [3.05, 3.63) is 60.2 Å². The fourth-order valence-corrected chi connectivity index (χ4v) is 3.95. The first-order chi connectivity index (χ1) is 12.2. The van der Waals surface area contributed by atoms with Crippen LogP contribution in [0.2, 0.25) is 0 Å². The molecule has 1 aromatic heterocycles. The molecule has 0 aliphatic carbocycles. The number of nitrogens with zero attached hydrogens (tertiary/aromatic N) is 3. The van der Waals surface area contributed by atoms with Crippen LogP contribution in [-0.2, 0) is 0 Å². The van der Waals surface area contributed by atoms with Gasteiger partial charge >= 0.3 is 0 Å². The van der Waals surface area contributed by atoms with Gasteiger partial charge in [0, 0.05) is 17.2 Å². The zero-order valence-electron chi connectivity index (χ0n) is 13.8. The summed E-state index contributed by atoms with van der Waals surface area (Å²) in [7, 11) is 0. The van der Waals surface area contributed by atoms with Gasteiger partial charge in [-0.15, -0.1) is 5.10 Å². The second kappa shape index (κ2) is 6.72. The summed E-state index contributed by atoms with van der Waals surface area (Å²) in [4.78, 5) is 17.1. The molecule has 25 heavy (non-hydrogen) atoms. The average molecular weight is 351 g/mol. The Kier molecular flexibility index (Phi) is 4.28. The van der Waals surface area contributed by atoms with Crippen molar-refractivity contribution in [3.63, 3.8) is 0 Å². The molecule has 0 spiro atoms. The molecule has 0 radical (unpaired) electrons.